The summed E-state index contributed by atoms with van der Waals surface area (Å²) in [5.74, 6) is -0.969. The standard InChI is InChI=1S/C33H35Cl2N3O4S/c1-33(2,3)36-32(40)30(20-23-12-6-5-7-13-23)37(21-26-27(34)17-11-18-28(26)35)31(39)22-38(43(4,41)42)29-19-10-15-24-14-8-9-16-25(24)29/h5-19,30H,20-22H2,1-4H3,(H,36,40)/t30-/m0/s1. The summed E-state index contributed by atoms with van der Waals surface area (Å²) in [6, 6.07) is 26.0. The van der Waals surface area contributed by atoms with E-state index in [9.17, 15) is 18.0 Å². The van der Waals surface area contributed by atoms with Gasteiger partial charge in [0.25, 0.3) is 0 Å². The van der Waals surface area contributed by atoms with Crippen LogP contribution in [0.3, 0.4) is 0 Å². The van der Waals surface area contributed by atoms with Crippen molar-refractivity contribution in [1.29, 1.82) is 0 Å². The van der Waals surface area contributed by atoms with Crippen LogP contribution >= 0.6 is 23.2 Å². The van der Waals surface area contributed by atoms with Crippen molar-refractivity contribution in [3.05, 3.63) is 112 Å². The van der Waals surface area contributed by atoms with Crippen LogP contribution in [0.4, 0.5) is 5.69 Å². The fraction of sp³-hybridized carbons (Fsp3) is 0.273. The first kappa shape index (κ1) is 32.3. The molecule has 0 spiro atoms. The third kappa shape index (κ3) is 8.28. The number of amides is 2. The number of rotatable bonds is 10. The lowest BCUT2D eigenvalue weighted by molar-refractivity contribution is -0.140. The van der Waals surface area contributed by atoms with Crippen LogP contribution in [0.1, 0.15) is 31.9 Å². The van der Waals surface area contributed by atoms with E-state index in [1.54, 1.807) is 30.3 Å². The van der Waals surface area contributed by atoms with Crippen LogP contribution in [0.2, 0.25) is 10.0 Å². The average molecular weight is 641 g/mol. The van der Waals surface area contributed by atoms with E-state index in [-0.39, 0.29) is 18.9 Å². The van der Waals surface area contributed by atoms with Crippen molar-refractivity contribution in [3.8, 4) is 0 Å². The predicted octanol–water partition coefficient (Wildman–Crippen LogP) is 6.47. The van der Waals surface area contributed by atoms with Gasteiger partial charge in [-0.05, 0) is 49.9 Å². The van der Waals surface area contributed by atoms with Gasteiger partial charge in [-0.1, -0.05) is 96.0 Å². The van der Waals surface area contributed by atoms with Crippen molar-refractivity contribution < 1.29 is 18.0 Å². The Morgan fingerprint density at radius 1 is 0.837 bits per heavy atom. The van der Waals surface area contributed by atoms with Gasteiger partial charge in [0.15, 0.2) is 0 Å². The van der Waals surface area contributed by atoms with Crippen LogP contribution in [0.25, 0.3) is 10.8 Å². The number of benzene rings is 4. The Balaban J connectivity index is 1.83. The largest absolute Gasteiger partial charge is 0.350 e. The summed E-state index contributed by atoms with van der Waals surface area (Å²) in [4.78, 5) is 29.7. The zero-order valence-electron chi connectivity index (χ0n) is 24.6. The molecule has 7 nitrogen and oxygen atoms in total. The molecule has 0 aliphatic carbocycles. The lowest BCUT2D eigenvalue weighted by Crippen LogP contribution is -2.56. The van der Waals surface area contributed by atoms with E-state index in [2.05, 4.69) is 5.32 Å². The molecule has 0 aliphatic heterocycles. The average Bonchev–Trinajstić information content (AvgIpc) is 2.93. The number of nitrogens with one attached hydrogen (secondary N) is 1. The smallest absolute Gasteiger partial charge is 0.244 e. The summed E-state index contributed by atoms with van der Waals surface area (Å²) in [7, 11) is -3.93. The van der Waals surface area contributed by atoms with Gasteiger partial charge in [0, 0.05) is 39.5 Å². The Morgan fingerprint density at radius 2 is 1.42 bits per heavy atom. The normalized spacial score (nSPS) is 12.5. The third-order valence-corrected chi connectivity index (χ3v) is 8.71. The van der Waals surface area contributed by atoms with Crippen molar-refractivity contribution in [1.82, 2.24) is 10.2 Å². The molecule has 0 saturated heterocycles. The molecule has 0 unspecified atom stereocenters. The quantitative estimate of drug-likeness (QED) is 0.216. The van der Waals surface area contributed by atoms with Gasteiger partial charge in [-0.15, -0.1) is 0 Å². The molecule has 2 amide bonds. The van der Waals surface area contributed by atoms with E-state index in [0.717, 1.165) is 21.5 Å². The predicted molar refractivity (Wildman–Crippen MR) is 175 cm³/mol. The molecule has 0 heterocycles. The highest BCUT2D eigenvalue weighted by atomic mass is 35.5. The van der Waals surface area contributed by atoms with Crippen molar-refractivity contribution in [2.75, 3.05) is 17.1 Å². The molecule has 0 saturated carbocycles. The number of fused-ring (bicyclic) bond motifs is 1. The molecule has 0 aromatic heterocycles. The first-order chi connectivity index (χ1) is 20.2. The maximum absolute atomic E-state index is 14.4. The highest BCUT2D eigenvalue weighted by Gasteiger charge is 2.35. The van der Waals surface area contributed by atoms with Crippen molar-refractivity contribution in [2.24, 2.45) is 0 Å². The lowest BCUT2D eigenvalue weighted by Gasteiger charge is -2.35. The van der Waals surface area contributed by atoms with Crippen LogP contribution in [0.5, 0.6) is 0 Å². The van der Waals surface area contributed by atoms with Crippen molar-refractivity contribution >= 4 is 61.5 Å². The SMILES string of the molecule is CC(C)(C)NC(=O)[C@H](Cc1ccccc1)N(Cc1c(Cl)cccc1Cl)C(=O)CN(c1cccc2ccccc12)S(C)(=O)=O. The minimum atomic E-state index is -3.93. The Labute approximate surface area is 263 Å². The second kappa shape index (κ2) is 13.4. The van der Waals surface area contributed by atoms with Gasteiger partial charge in [-0.25, -0.2) is 8.42 Å². The molecule has 10 heteroatoms. The Bertz CT molecular complexity index is 1700. The zero-order chi connectivity index (χ0) is 31.4. The third-order valence-electron chi connectivity index (χ3n) is 6.87. The highest BCUT2D eigenvalue weighted by molar-refractivity contribution is 7.92. The highest BCUT2D eigenvalue weighted by Crippen LogP contribution is 2.30. The monoisotopic (exact) mass is 639 g/mol. The van der Waals surface area contributed by atoms with E-state index in [4.69, 9.17) is 23.2 Å². The van der Waals surface area contributed by atoms with Crippen LogP contribution in [0, 0.1) is 0 Å². The van der Waals surface area contributed by atoms with Crippen LogP contribution in [-0.4, -0.2) is 49.5 Å². The van der Waals surface area contributed by atoms with E-state index < -0.39 is 34.1 Å². The Hall–Kier alpha value is -3.59. The van der Waals surface area contributed by atoms with Crippen LogP contribution in [-0.2, 0) is 32.6 Å². The summed E-state index contributed by atoms with van der Waals surface area (Å²) in [5, 5.41) is 5.16. The molecule has 4 aromatic carbocycles. The molecular weight excluding hydrogens is 605 g/mol. The number of sulfonamides is 1. The zero-order valence-corrected chi connectivity index (χ0v) is 26.9. The van der Waals surface area contributed by atoms with E-state index in [0.29, 0.717) is 26.7 Å². The van der Waals surface area contributed by atoms with Gasteiger partial charge in [-0.2, -0.15) is 0 Å². The van der Waals surface area contributed by atoms with Crippen molar-refractivity contribution in [3.63, 3.8) is 0 Å². The van der Waals surface area contributed by atoms with Gasteiger partial charge in [0.05, 0.1) is 11.9 Å². The minimum absolute atomic E-state index is 0.112. The Morgan fingerprint density at radius 3 is 2.05 bits per heavy atom. The van der Waals surface area contributed by atoms with Gasteiger partial charge in [-0.3, -0.25) is 13.9 Å². The Kier molecular flexibility index (Phi) is 10.1. The van der Waals surface area contributed by atoms with Gasteiger partial charge < -0.3 is 10.2 Å². The molecule has 0 aliphatic rings. The van der Waals surface area contributed by atoms with E-state index in [1.165, 1.54) is 4.90 Å². The first-order valence-corrected chi connectivity index (χ1v) is 16.4. The number of hydrogen-bond acceptors (Lipinski definition) is 4. The molecule has 4 rings (SSSR count). The summed E-state index contributed by atoms with van der Waals surface area (Å²) in [6.45, 7) is 4.91. The number of nitrogens with zero attached hydrogens (tertiary/aromatic N) is 2. The maximum Gasteiger partial charge on any atom is 0.244 e. The summed E-state index contributed by atoms with van der Waals surface area (Å²) in [6.07, 6.45) is 1.24. The first-order valence-electron chi connectivity index (χ1n) is 13.8. The molecule has 4 aromatic rings. The van der Waals surface area contributed by atoms with Gasteiger partial charge in [0.1, 0.15) is 12.6 Å². The van der Waals surface area contributed by atoms with E-state index in [1.807, 2.05) is 81.4 Å². The number of carbonyl (C=O) groups excluding carboxylic acids is 2. The molecule has 1 atom stereocenters. The molecule has 0 bridgehead atoms. The molecule has 226 valence electrons. The van der Waals surface area contributed by atoms with Gasteiger partial charge in [0.2, 0.25) is 21.8 Å². The molecular formula is C33H35Cl2N3O4S. The van der Waals surface area contributed by atoms with Crippen LogP contribution in [0.15, 0.2) is 91.0 Å². The van der Waals surface area contributed by atoms with E-state index >= 15 is 0 Å². The molecule has 0 radical (unpaired) electrons. The second-order valence-corrected chi connectivity index (χ2v) is 14.2. The fourth-order valence-electron chi connectivity index (χ4n) is 4.88. The number of halogens is 2. The molecule has 0 fully saturated rings. The van der Waals surface area contributed by atoms with Crippen molar-refractivity contribution in [2.45, 2.75) is 45.3 Å². The molecule has 43 heavy (non-hydrogen) atoms. The maximum atomic E-state index is 14.4. The summed E-state index contributed by atoms with van der Waals surface area (Å²) >= 11 is 13.1. The number of hydrogen-bond donors (Lipinski definition) is 1. The molecule has 1 N–H and O–H groups in total. The number of anilines is 1. The lowest BCUT2D eigenvalue weighted by atomic mass is 10.0. The fourth-order valence-corrected chi connectivity index (χ4v) is 6.26. The second-order valence-electron chi connectivity index (χ2n) is 11.4. The van der Waals surface area contributed by atoms with Gasteiger partial charge >= 0.3 is 0 Å². The summed E-state index contributed by atoms with van der Waals surface area (Å²) < 4.78 is 27.5. The topological polar surface area (TPSA) is 86.8 Å². The summed E-state index contributed by atoms with van der Waals surface area (Å²) in [5.41, 5.74) is 1.05. The van der Waals surface area contributed by atoms with Crippen LogP contribution < -0.4 is 9.62 Å². The minimum Gasteiger partial charge on any atom is -0.350 e. The number of carbonyl (C=O) groups is 2.